The Kier molecular flexibility index (Phi) is 3.42. The zero-order valence-corrected chi connectivity index (χ0v) is 12.7. The molecule has 1 fully saturated rings. The van der Waals surface area contributed by atoms with Crippen molar-refractivity contribution in [3.8, 4) is 0 Å². The molecule has 98 valence electrons. The van der Waals surface area contributed by atoms with Crippen LogP contribution in [0.25, 0.3) is 0 Å². The van der Waals surface area contributed by atoms with Crippen molar-refractivity contribution in [2.24, 2.45) is 0 Å². The van der Waals surface area contributed by atoms with E-state index >= 15 is 0 Å². The maximum absolute atomic E-state index is 10.0. The first kappa shape index (κ1) is 13.2. The first-order valence-corrected chi connectivity index (χ1v) is 7.50. The molecular weight excluding hydrogens is 324 g/mol. The van der Waals surface area contributed by atoms with E-state index in [2.05, 4.69) is 28.1 Å². The van der Waals surface area contributed by atoms with Gasteiger partial charge in [0.2, 0.25) is 0 Å². The van der Waals surface area contributed by atoms with E-state index in [1.54, 1.807) is 0 Å². The molecule has 0 saturated heterocycles. The third-order valence-electron chi connectivity index (χ3n) is 3.62. The Bertz CT molecular complexity index is 603. The number of rotatable bonds is 3. The number of benzene rings is 2. The Morgan fingerprint density at radius 1 is 1.11 bits per heavy atom. The third kappa shape index (κ3) is 2.86. The lowest BCUT2D eigenvalue weighted by Crippen LogP contribution is -2.03. The average molecular weight is 338 g/mol. The van der Waals surface area contributed by atoms with Crippen molar-refractivity contribution < 1.29 is 5.11 Å². The summed E-state index contributed by atoms with van der Waals surface area (Å²) in [6, 6.07) is 14.1. The Morgan fingerprint density at radius 3 is 2.42 bits per heavy atom. The third-order valence-corrected chi connectivity index (χ3v) is 4.48. The van der Waals surface area contributed by atoms with Gasteiger partial charge < -0.3 is 5.11 Å². The largest absolute Gasteiger partial charge is 0.385 e. The molecule has 1 saturated carbocycles. The number of hydrogen-bond donors (Lipinski definition) is 1. The molecule has 0 unspecified atom stereocenters. The highest BCUT2D eigenvalue weighted by molar-refractivity contribution is 9.10. The van der Waals surface area contributed by atoms with Gasteiger partial charge in [0.25, 0.3) is 0 Å². The van der Waals surface area contributed by atoms with Gasteiger partial charge in [0.15, 0.2) is 0 Å². The van der Waals surface area contributed by atoms with Gasteiger partial charge in [0, 0.05) is 9.50 Å². The minimum Gasteiger partial charge on any atom is -0.385 e. The van der Waals surface area contributed by atoms with Crippen LogP contribution in [0.5, 0.6) is 0 Å². The predicted molar refractivity (Wildman–Crippen MR) is 81.5 cm³/mol. The van der Waals surface area contributed by atoms with Gasteiger partial charge in [-0.25, -0.2) is 0 Å². The summed E-state index contributed by atoms with van der Waals surface area (Å²) in [5.74, 6) is 0. The molecule has 3 heteroatoms. The van der Waals surface area contributed by atoms with Gasteiger partial charge in [-0.2, -0.15) is 0 Å². The number of halogens is 2. The minimum atomic E-state index is -0.550. The predicted octanol–water partition coefficient (Wildman–Crippen LogP) is 4.67. The maximum Gasteiger partial charge on any atom is 0.0899 e. The summed E-state index contributed by atoms with van der Waals surface area (Å²) < 4.78 is 1.04. The molecule has 0 atom stereocenters. The summed E-state index contributed by atoms with van der Waals surface area (Å²) in [6.45, 7) is 0. The second-order valence-electron chi connectivity index (χ2n) is 5.14. The van der Waals surface area contributed by atoms with Crippen LogP contribution in [-0.4, -0.2) is 5.11 Å². The lowest BCUT2D eigenvalue weighted by atomic mass is 10.0. The molecule has 1 N–H and O–H groups in total. The van der Waals surface area contributed by atoms with Crippen LogP contribution in [-0.2, 0) is 12.0 Å². The standard InChI is InChI=1S/C16H14BrClO/c17-14-5-6-15(18)12(10-14)9-11-1-3-13(4-2-11)16(19)7-8-16/h1-6,10,19H,7-9H2. The van der Waals surface area contributed by atoms with Crippen molar-refractivity contribution >= 4 is 27.5 Å². The Morgan fingerprint density at radius 2 is 1.79 bits per heavy atom. The Hall–Kier alpha value is -0.830. The molecule has 3 rings (SSSR count). The molecule has 1 aliphatic rings. The van der Waals surface area contributed by atoms with Crippen LogP contribution in [0, 0.1) is 0 Å². The zero-order chi connectivity index (χ0) is 13.5. The van der Waals surface area contributed by atoms with Crippen molar-refractivity contribution in [1.29, 1.82) is 0 Å². The first-order valence-electron chi connectivity index (χ1n) is 6.33. The van der Waals surface area contributed by atoms with Crippen molar-refractivity contribution in [1.82, 2.24) is 0 Å². The van der Waals surface area contributed by atoms with Gasteiger partial charge in [-0.05, 0) is 54.2 Å². The molecule has 0 amide bonds. The zero-order valence-electron chi connectivity index (χ0n) is 10.4. The summed E-state index contributed by atoms with van der Waals surface area (Å²) in [4.78, 5) is 0. The molecule has 19 heavy (non-hydrogen) atoms. The normalized spacial score (nSPS) is 16.4. The second-order valence-corrected chi connectivity index (χ2v) is 6.46. The van der Waals surface area contributed by atoms with E-state index < -0.39 is 5.60 Å². The van der Waals surface area contributed by atoms with Crippen molar-refractivity contribution in [3.05, 3.63) is 68.7 Å². The fourth-order valence-corrected chi connectivity index (χ4v) is 2.83. The van der Waals surface area contributed by atoms with Crippen LogP contribution in [0.1, 0.15) is 29.5 Å². The molecule has 0 spiro atoms. The monoisotopic (exact) mass is 336 g/mol. The van der Waals surface area contributed by atoms with Crippen molar-refractivity contribution in [2.75, 3.05) is 0 Å². The molecule has 0 aliphatic heterocycles. The summed E-state index contributed by atoms with van der Waals surface area (Å²) >= 11 is 9.66. The molecule has 0 radical (unpaired) electrons. The Labute approximate surface area is 126 Å². The van der Waals surface area contributed by atoms with Crippen LogP contribution < -0.4 is 0 Å². The SMILES string of the molecule is OC1(c2ccc(Cc3cc(Br)ccc3Cl)cc2)CC1. The highest BCUT2D eigenvalue weighted by Gasteiger charge is 2.41. The molecule has 1 aliphatic carbocycles. The highest BCUT2D eigenvalue weighted by atomic mass is 79.9. The topological polar surface area (TPSA) is 20.2 Å². The van der Waals surface area contributed by atoms with Crippen LogP contribution in [0.15, 0.2) is 46.9 Å². The van der Waals surface area contributed by atoms with Gasteiger partial charge in [-0.3, -0.25) is 0 Å². The van der Waals surface area contributed by atoms with Gasteiger partial charge in [0.1, 0.15) is 0 Å². The van der Waals surface area contributed by atoms with E-state index in [0.29, 0.717) is 0 Å². The molecule has 2 aromatic rings. The van der Waals surface area contributed by atoms with Crippen LogP contribution in [0.3, 0.4) is 0 Å². The lowest BCUT2D eigenvalue weighted by Gasteiger charge is -2.10. The van der Waals surface area contributed by atoms with E-state index in [1.165, 1.54) is 5.56 Å². The van der Waals surface area contributed by atoms with E-state index in [0.717, 1.165) is 39.9 Å². The van der Waals surface area contributed by atoms with Gasteiger partial charge >= 0.3 is 0 Å². The van der Waals surface area contributed by atoms with Gasteiger partial charge in [-0.1, -0.05) is 51.8 Å². The molecular formula is C16H14BrClO. The quantitative estimate of drug-likeness (QED) is 0.862. The Balaban J connectivity index is 1.81. The summed E-state index contributed by atoms with van der Waals surface area (Å²) in [5.41, 5.74) is 2.78. The van der Waals surface area contributed by atoms with Crippen molar-refractivity contribution in [3.63, 3.8) is 0 Å². The molecule has 2 aromatic carbocycles. The summed E-state index contributed by atoms with van der Waals surface area (Å²) in [5, 5.41) is 10.8. The van der Waals surface area contributed by atoms with E-state index in [-0.39, 0.29) is 0 Å². The minimum absolute atomic E-state index is 0.550. The molecule has 0 heterocycles. The highest BCUT2D eigenvalue weighted by Crippen LogP contribution is 2.45. The first-order chi connectivity index (χ1) is 9.07. The molecule has 0 aromatic heterocycles. The fraction of sp³-hybridized carbons (Fsp3) is 0.250. The maximum atomic E-state index is 10.0. The summed E-state index contributed by atoms with van der Waals surface area (Å²) in [6.07, 6.45) is 2.56. The van der Waals surface area contributed by atoms with E-state index in [9.17, 15) is 5.11 Å². The van der Waals surface area contributed by atoms with Gasteiger partial charge in [0.05, 0.1) is 5.60 Å². The fourth-order valence-electron chi connectivity index (χ4n) is 2.24. The van der Waals surface area contributed by atoms with Crippen molar-refractivity contribution in [2.45, 2.75) is 24.9 Å². The smallest absolute Gasteiger partial charge is 0.0899 e. The second kappa shape index (κ2) is 4.93. The van der Waals surface area contributed by atoms with E-state index in [4.69, 9.17) is 11.6 Å². The summed E-state index contributed by atoms with van der Waals surface area (Å²) in [7, 11) is 0. The van der Waals surface area contributed by atoms with Gasteiger partial charge in [-0.15, -0.1) is 0 Å². The molecule has 1 nitrogen and oxygen atoms in total. The van der Waals surface area contributed by atoms with E-state index in [1.807, 2.05) is 30.3 Å². The number of hydrogen-bond acceptors (Lipinski definition) is 1. The average Bonchev–Trinajstić information content (AvgIpc) is 3.14. The van der Waals surface area contributed by atoms with Crippen LogP contribution in [0.2, 0.25) is 5.02 Å². The molecule has 0 bridgehead atoms. The lowest BCUT2D eigenvalue weighted by molar-refractivity contribution is 0.151. The number of aliphatic hydroxyl groups is 1. The van der Waals surface area contributed by atoms with Crippen LogP contribution >= 0.6 is 27.5 Å². The van der Waals surface area contributed by atoms with Crippen LogP contribution in [0.4, 0.5) is 0 Å².